The van der Waals surface area contributed by atoms with Gasteiger partial charge in [-0.2, -0.15) is 0 Å². The number of hydrogen-bond acceptors (Lipinski definition) is 3. The predicted octanol–water partition coefficient (Wildman–Crippen LogP) is 0.674. The molecule has 2 atom stereocenters. The van der Waals surface area contributed by atoms with E-state index >= 15 is 0 Å². The summed E-state index contributed by atoms with van der Waals surface area (Å²) in [4.78, 5) is 2.42. The third-order valence-corrected chi connectivity index (χ3v) is 3.49. The standard InChI is InChI=1S/C11H24N2O/c1-9(12)11(2,3)8-13-5-4-10(6-13)7-14/h9-10,14H,4-8,12H2,1-3H3. The number of likely N-dealkylation sites (tertiary alicyclic amines) is 1. The summed E-state index contributed by atoms with van der Waals surface area (Å²) in [7, 11) is 0. The lowest BCUT2D eigenvalue weighted by molar-refractivity contribution is 0.167. The van der Waals surface area contributed by atoms with Crippen LogP contribution in [-0.2, 0) is 0 Å². The Morgan fingerprint density at radius 2 is 2.21 bits per heavy atom. The summed E-state index contributed by atoms with van der Waals surface area (Å²) in [5.41, 5.74) is 6.11. The fourth-order valence-electron chi connectivity index (χ4n) is 1.93. The number of rotatable bonds is 4. The van der Waals surface area contributed by atoms with E-state index in [4.69, 9.17) is 10.8 Å². The smallest absolute Gasteiger partial charge is 0.0471 e. The quantitative estimate of drug-likeness (QED) is 0.701. The average Bonchev–Trinajstić information content (AvgIpc) is 2.51. The van der Waals surface area contributed by atoms with E-state index in [2.05, 4.69) is 25.7 Å². The minimum Gasteiger partial charge on any atom is -0.396 e. The first-order valence-corrected chi connectivity index (χ1v) is 5.54. The molecule has 1 fully saturated rings. The molecule has 0 bridgehead atoms. The van der Waals surface area contributed by atoms with Gasteiger partial charge in [-0.05, 0) is 31.2 Å². The van der Waals surface area contributed by atoms with Crippen LogP contribution >= 0.6 is 0 Å². The molecule has 0 aliphatic carbocycles. The molecule has 0 aromatic heterocycles. The van der Waals surface area contributed by atoms with Crippen molar-refractivity contribution in [1.82, 2.24) is 4.90 Å². The molecule has 0 radical (unpaired) electrons. The summed E-state index contributed by atoms with van der Waals surface area (Å²) in [6, 6.07) is 0.218. The number of nitrogens with zero attached hydrogens (tertiary/aromatic N) is 1. The Morgan fingerprint density at radius 1 is 1.57 bits per heavy atom. The Kier molecular flexibility index (Phi) is 3.93. The summed E-state index contributed by atoms with van der Waals surface area (Å²) >= 11 is 0. The van der Waals surface area contributed by atoms with Crippen LogP contribution in [0.1, 0.15) is 27.2 Å². The highest BCUT2D eigenvalue weighted by Gasteiger charge is 2.29. The van der Waals surface area contributed by atoms with Crippen molar-refractivity contribution in [2.24, 2.45) is 17.1 Å². The second kappa shape index (κ2) is 4.60. The lowest BCUT2D eigenvalue weighted by atomic mass is 9.85. The molecule has 1 rings (SSSR count). The lowest BCUT2D eigenvalue weighted by Gasteiger charge is -2.33. The number of nitrogens with two attached hydrogens (primary N) is 1. The van der Waals surface area contributed by atoms with Crippen LogP contribution in [0.2, 0.25) is 0 Å². The Hall–Kier alpha value is -0.120. The Balaban J connectivity index is 2.39. The maximum atomic E-state index is 9.04. The second-order valence-corrected chi connectivity index (χ2v) is 5.35. The van der Waals surface area contributed by atoms with E-state index in [0.29, 0.717) is 12.5 Å². The van der Waals surface area contributed by atoms with Crippen molar-refractivity contribution in [3.63, 3.8) is 0 Å². The summed E-state index contributed by atoms with van der Waals surface area (Å²) in [6.07, 6.45) is 1.13. The van der Waals surface area contributed by atoms with Gasteiger partial charge in [0, 0.05) is 25.7 Å². The van der Waals surface area contributed by atoms with Crippen molar-refractivity contribution in [1.29, 1.82) is 0 Å². The van der Waals surface area contributed by atoms with Gasteiger partial charge in [0.05, 0.1) is 0 Å². The summed E-state index contributed by atoms with van der Waals surface area (Å²) in [5.74, 6) is 0.485. The highest BCUT2D eigenvalue weighted by Crippen LogP contribution is 2.24. The Morgan fingerprint density at radius 3 is 2.64 bits per heavy atom. The molecule has 0 spiro atoms. The molecule has 3 nitrogen and oxygen atoms in total. The normalized spacial score (nSPS) is 26.8. The predicted molar refractivity (Wildman–Crippen MR) is 59.1 cm³/mol. The monoisotopic (exact) mass is 200 g/mol. The van der Waals surface area contributed by atoms with Gasteiger partial charge in [0.25, 0.3) is 0 Å². The zero-order valence-corrected chi connectivity index (χ0v) is 9.66. The largest absolute Gasteiger partial charge is 0.396 e. The lowest BCUT2D eigenvalue weighted by Crippen LogP contribution is -2.43. The van der Waals surface area contributed by atoms with E-state index in [1.54, 1.807) is 0 Å². The average molecular weight is 200 g/mol. The highest BCUT2D eigenvalue weighted by atomic mass is 16.3. The van der Waals surface area contributed by atoms with E-state index in [0.717, 1.165) is 26.1 Å². The van der Waals surface area contributed by atoms with E-state index in [9.17, 15) is 0 Å². The Bertz CT molecular complexity index is 180. The first kappa shape index (κ1) is 12.0. The fourth-order valence-corrected chi connectivity index (χ4v) is 1.93. The van der Waals surface area contributed by atoms with Gasteiger partial charge in [0.15, 0.2) is 0 Å². The van der Waals surface area contributed by atoms with Crippen LogP contribution in [0.4, 0.5) is 0 Å². The maximum Gasteiger partial charge on any atom is 0.0471 e. The van der Waals surface area contributed by atoms with E-state index < -0.39 is 0 Å². The van der Waals surface area contributed by atoms with Crippen LogP contribution in [0.25, 0.3) is 0 Å². The van der Waals surface area contributed by atoms with E-state index in [1.165, 1.54) is 0 Å². The van der Waals surface area contributed by atoms with Gasteiger partial charge in [0.1, 0.15) is 0 Å². The van der Waals surface area contributed by atoms with Gasteiger partial charge >= 0.3 is 0 Å². The van der Waals surface area contributed by atoms with Crippen LogP contribution < -0.4 is 5.73 Å². The molecule has 2 unspecified atom stereocenters. The van der Waals surface area contributed by atoms with Crippen molar-refractivity contribution in [3.8, 4) is 0 Å². The van der Waals surface area contributed by atoms with Crippen molar-refractivity contribution in [3.05, 3.63) is 0 Å². The minimum absolute atomic E-state index is 0.171. The van der Waals surface area contributed by atoms with Gasteiger partial charge in [0.2, 0.25) is 0 Å². The van der Waals surface area contributed by atoms with Gasteiger partial charge in [-0.1, -0.05) is 13.8 Å². The molecule has 14 heavy (non-hydrogen) atoms. The highest BCUT2D eigenvalue weighted by molar-refractivity contribution is 4.85. The topological polar surface area (TPSA) is 49.5 Å². The molecule has 3 heteroatoms. The summed E-state index contributed by atoms with van der Waals surface area (Å²) < 4.78 is 0. The second-order valence-electron chi connectivity index (χ2n) is 5.35. The number of aliphatic hydroxyl groups excluding tert-OH is 1. The zero-order chi connectivity index (χ0) is 10.8. The Labute approximate surface area is 87.3 Å². The van der Waals surface area contributed by atoms with Crippen molar-refractivity contribution < 1.29 is 5.11 Å². The first-order chi connectivity index (χ1) is 6.45. The molecule has 1 saturated heterocycles. The van der Waals surface area contributed by atoms with Gasteiger partial charge in [-0.25, -0.2) is 0 Å². The van der Waals surface area contributed by atoms with Crippen molar-refractivity contribution in [2.45, 2.75) is 33.2 Å². The fraction of sp³-hybridized carbons (Fsp3) is 1.00. The third kappa shape index (κ3) is 2.94. The van der Waals surface area contributed by atoms with Gasteiger partial charge in [-0.3, -0.25) is 0 Å². The molecule has 1 aliphatic rings. The van der Waals surface area contributed by atoms with Crippen LogP contribution in [0.5, 0.6) is 0 Å². The zero-order valence-electron chi connectivity index (χ0n) is 9.66. The van der Waals surface area contributed by atoms with Crippen molar-refractivity contribution >= 4 is 0 Å². The molecule has 0 aromatic rings. The molecular formula is C11H24N2O. The summed E-state index contributed by atoms with van der Waals surface area (Å²) in [6.45, 7) is 10.0. The van der Waals surface area contributed by atoms with Crippen LogP contribution in [0, 0.1) is 11.3 Å². The van der Waals surface area contributed by atoms with E-state index in [1.807, 2.05) is 0 Å². The van der Waals surface area contributed by atoms with Gasteiger partial charge in [-0.15, -0.1) is 0 Å². The minimum atomic E-state index is 0.171. The van der Waals surface area contributed by atoms with Crippen LogP contribution in [-0.4, -0.2) is 42.3 Å². The SMILES string of the molecule is CC(N)C(C)(C)CN1CCC(CO)C1. The first-order valence-electron chi connectivity index (χ1n) is 5.54. The molecular weight excluding hydrogens is 176 g/mol. The molecule has 84 valence electrons. The maximum absolute atomic E-state index is 9.04. The molecule has 0 saturated carbocycles. The molecule has 0 amide bonds. The van der Waals surface area contributed by atoms with Crippen molar-refractivity contribution in [2.75, 3.05) is 26.2 Å². The number of hydrogen-bond donors (Lipinski definition) is 2. The molecule has 3 N–H and O–H groups in total. The summed E-state index contributed by atoms with van der Waals surface area (Å²) in [5, 5.41) is 9.04. The van der Waals surface area contributed by atoms with Crippen LogP contribution in [0.15, 0.2) is 0 Å². The molecule has 1 aliphatic heterocycles. The number of aliphatic hydroxyl groups is 1. The van der Waals surface area contributed by atoms with E-state index in [-0.39, 0.29) is 11.5 Å². The van der Waals surface area contributed by atoms with Gasteiger partial charge < -0.3 is 15.7 Å². The third-order valence-electron chi connectivity index (χ3n) is 3.49. The molecule has 0 aromatic carbocycles. The van der Waals surface area contributed by atoms with Crippen LogP contribution in [0.3, 0.4) is 0 Å². The molecule has 1 heterocycles.